The normalized spacial score (nSPS) is 15.1. The number of hydrogen-bond acceptors (Lipinski definition) is 6. The van der Waals surface area contributed by atoms with Crippen molar-refractivity contribution in [1.29, 1.82) is 0 Å². The molecule has 0 unspecified atom stereocenters. The first kappa shape index (κ1) is 17.9. The molecule has 0 saturated carbocycles. The number of thiophene rings is 1. The SMILES string of the molecule is O=C(Nc1ccccc1F)C1CCN(c2ncnc3c2sc2ncccc23)CC1. The average Bonchev–Trinajstić information content (AvgIpc) is 3.14. The number of pyridine rings is 1. The molecular formula is C21H18FN5OS. The van der Waals surface area contributed by atoms with E-state index in [1.165, 1.54) is 6.07 Å². The number of hydrogen-bond donors (Lipinski definition) is 1. The lowest BCUT2D eigenvalue weighted by Gasteiger charge is -2.32. The fourth-order valence-corrected chi connectivity index (χ4v) is 4.89. The van der Waals surface area contributed by atoms with Gasteiger partial charge >= 0.3 is 0 Å². The zero-order valence-corrected chi connectivity index (χ0v) is 16.3. The molecule has 1 N–H and O–H groups in total. The summed E-state index contributed by atoms with van der Waals surface area (Å²) in [6.45, 7) is 1.42. The van der Waals surface area contributed by atoms with Crippen molar-refractivity contribution >= 4 is 49.2 Å². The monoisotopic (exact) mass is 407 g/mol. The van der Waals surface area contributed by atoms with E-state index in [2.05, 4.69) is 25.2 Å². The van der Waals surface area contributed by atoms with Gasteiger partial charge in [0.25, 0.3) is 0 Å². The zero-order valence-electron chi connectivity index (χ0n) is 15.5. The Morgan fingerprint density at radius 1 is 1.10 bits per heavy atom. The summed E-state index contributed by atoms with van der Waals surface area (Å²) < 4.78 is 14.8. The van der Waals surface area contributed by atoms with Crippen LogP contribution in [0.3, 0.4) is 0 Å². The predicted molar refractivity (Wildman–Crippen MR) is 113 cm³/mol. The molecule has 29 heavy (non-hydrogen) atoms. The van der Waals surface area contributed by atoms with Gasteiger partial charge in [-0.15, -0.1) is 11.3 Å². The van der Waals surface area contributed by atoms with Gasteiger partial charge < -0.3 is 10.2 Å². The maximum absolute atomic E-state index is 13.8. The number of halogens is 1. The summed E-state index contributed by atoms with van der Waals surface area (Å²) in [6.07, 6.45) is 4.75. The topological polar surface area (TPSA) is 71.0 Å². The van der Waals surface area contributed by atoms with Crippen LogP contribution in [-0.2, 0) is 4.79 Å². The van der Waals surface area contributed by atoms with Crippen molar-refractivity contribution in [2.45, 2.75) is 12.8 Å². The third-order valence-corrected chi connectivity index (χ3v) is 6.41. The van der Waals surface area contributed by atoms with Gasteiger partial charge in [0.1, 0.15) is 22.8 Å². The molecule has 4 aromatic rings. The first-order chi connectivity index (χ1) is 14.2. The molecule has 0 radical (unpaired) electrons. The molecule has 0 aliphatic carbocycles. The largest absolute Gasteiger partial charge is 0.355 e. The van der Waals surface area contributed by atoms with Gasteiger partial charge in [0.05, 0.1) is 15.9 Å². The average molecular weight is 407 g/mol. The van der Waals surface area contributed by atoms with Gasteiger partial charge in [-0.05, 0) is 37.1 Å². The lowest BCUT2D eigenvalue weighted by molar-refractivity contribution is -0.120. The molecule has 6 nitrogen and oxygen atoms in total. The summed E-state index contributed by atoms with van der Waals surface area (Å²) in [4.78, 5) is 29.1. The molecule has 0 spiro atoms. The highest BCUT2D eigenvalue weighted by atomic mass is 32.1. The van der Waals surface area contributed by atoms with Crippen LogP contribution in [0.5, 0.6) is 0 Å². The number of para-hydroxylation sites is 1. The van der Waals surface area contributed by atoms with E-state index in [9.17, 15) is 9.18 Å². The van der Waals surface area contributed by atoms with Crippen LogP contribution in [0.1, 0.15) is 12.8 Å². The Morgan fingerprint density at radius 3 is 2.76 bits per heavy atom. The molecule has 1 aromatic carbocycles. The fourth-order valence-electron chi connectivity index (χ4n) is 3.78. The molecule has 4 heterocycles. The third-order valence-electron chi connectivity index (χ3n) is 5.31. The van der Waals surface area contributed by atoms with Gasteiger partial charge in [0.15, 0.2) is 0 Å². The molecule has 146 valence electrons. The highest BCUT2D eigenvalue weighted by Gasteiger charge is 2.27. The minimum absolute atomic E-state index is 0.131. The molecule has 1 aliphatic heterocycles. The van der Waals surface area contributed by atoms with Crippen LogP contribution in [0, 0.1) is 11.7 Å². The molecular weight excluding hydrogens is 389 g/mol. The number of nitrogens with zero attached hydrogens (tertiary/aromatic N) is 4. The first-order valence-corrected chi connectivity index (χ1v) is 10.3. The number of piperidine rings is 1. The number of fused-ring (bicyclic) bond motifs is 3. The van der Waals surface area contributed by atoms with Crippen LogP contribution in [0.2, 0.25) is 0 Å². The van der Waals surface area contributed by atoms with Crippen molar-refractivity contribution in [3.63, 3.8) is 0 Å². The molecule has 1 saturated heterocycles. The standard InChI is InChI=1S/C21H18FN5OS/c22-15-5-1-2-6-16(15)26-20(28)13-7-10-27(11-8-13)19-18-17(24-12-25-19)14-4-3-9-23-21(14)29-18/h1-6,9,12-13H,7-8,10-11H2,(H,26,28). The Kier molecular flexibility index (Phi) is 4.55. The predicted octanol–water partition coefficient (Wildman–Crippen LogP) is 4.23. The van der Waals surface area contributed by atoms with E-state index in [1.54, 1.807) is 42.1 Å². The number of carbonyl (C=O) groups is 1. The van der Waals surface area contributed by atoms with Gasteiger partial charge in [-0.2, -0.15) is 0 Å². The molecule has 1 amide bonds. The van der Waals surface area contributed by atoms with Crippen molar-refractivity contribution < 1.29 is 9.18 Å². The zero-order chi connectivity index (χ0) is 19.8. The van der Waals surface area contributed by atoms with Gasteiger partial charge in [-0.25, -0.2) is 19.3 Å². The van der Waals surface area contributed by atoms with E-state index < -0.39 is 5.82 Å². The number of anilines is 2. The fraction of sp³-hybridized carbons (Fsp3) is 0.238. The summed E-state index contributed by atoms with van der Waals surface area (Å²) in [5.74, 6) is 0.201. The van der Waals surface area contributed by atoms with Crippen LogP contribution in [-0.4, -0.2) is 33.9 Å². The van der Waals surface area contributed by atoms with Crippen molar-refractivity contribution in [2.24, 2.45) is 5.92 Å². The Morgan fingerprint density at radius 2 is 1.93 bits per heavy atom. The third kappa shape index (κ3) is 3.29. The molecule has 1 aliphatic rings. The van der Waals surface area contributed by atoms with Crippen LogP contribution in [0.15, 0.2) is 48.9 Å². The lowest BCUT2D eigenvalue weighted by atomic mass is 9.95. The molecule has 5 rings (SSSR count). The maximum atomic E-state index is 13.8. The van der Waals surface area contributed by atoms with E-state index in [0.717, 1.165) is 26.3 Å². The number of aromatic nitrogens is 3. The Hall–Kier alpha value is -3.13. The number of rotatable bonds is 3. The molecule has 0 atom stereocenters. The van der Waals surface area contributed by atoms with Crippen molar-refractivity contribution in [3.05, 3.63) is 54.7 Å². The Bertz CT molecular complexity index is 1200. The Balaban J connectivity index is 1.33. The van der Waals surface area contributed by atoms with E-state index in [0.29, 0.717) is 25.9 Å². The van der Waals surface area contributed by atoms with Crippen LogP contribution < -0.4 is 10.2 Å². The van der Waals surface area contributed by atoms with Crippen LogP contribution in [0.25, 0.3) is 20.4 Å². The summed E-state index contributed by atoms with van der Waals surface area (Å²) >= 11 is 1.59. The van der Waals surface area contributed by atoms with Crippen molar-refractivity contribution in [1.82, 2.24) is 15.0 Å². The maximum Gasteiger partial charge on any atom is 0.227 e. The van der Waals surface area contributed by atoms with Crippen molar-refractivity contribution in [2.75, 3.05) is 23.3 Å². The second-order valence-corrected chi connectivity index (χ2v) is 8.06. The number of amides is 1. The first-order valence-electron chi connectivity index (χ1n) is 9.49. The summed E-state index contributed by atoms with van der Waals surface area (Å²) in [5.41, 5.74) is 1.15. The van der Waals surface area contributed by atoms with Crippen LogP contribution in [0.4, 0.5) is 15.9 Å². The number of carbonyl (C=O) groups excluding carboxylic acids is 1. The Labute approximate surface area is 170 Å². The molecule has 3 aromatic heterocycles. The van der Waals surface area contributed by atoms with Crippen LogP contribution >= 0.6 is 11.3 Å². The van der Waals surface area contributed by atoms with E-state index >= 15 is 0 Å². The summed E-state index contributed by atoms with van der Waals surface area (Å²) in [6, 6.07) is 10.2. The number of nitrogens with one attached hydrogen (secondary N) is 1. The van der Waals surface area contributed by atoms with Gasteiger partial charge in [-0.3, -0.25) is 4.79 Å². The minimum atomic E-state index is -0.417. The smallest absolute Gasteiger partial charge is 0.227 e. The van der Waals surface area contributed by atoms with E-state index in [-0.39, 0.29) is 17.5 Å². The van der Waals surface area contributed by atoms with E-state index in [1.807, 2.05) is 12.1 Å². The second-order valence-electron chi connectivity index (χ2n) is 7.06. The second kappa shape index (κ2) is 7.36. The number of benzene rings is 1. The molecule has 8 heteroatoms. The summed E-state index contributed by atoms with van der Waals surface area (Å²) in [7, 11) is 0. The molecule has 1 fully saturated rings. The quantitative estimate of drug-likeness (QED) is 0.550. The van der Waals surface area contributed by atoms with Crippen molar-refractivity contribution in [3.8, 4) is 0 Å². The highest BCUT2D eigenvalue weighted by Crippen LogP contribution is 2.37. The summed E-state index contributed by atoms with van der Waals surface area (Å²) in [5, 5.41) is 3.75. The molecule has 0 bridgehead atoms. The van der Waals surface area contributed by atoms with E-state index in [4.69, 9.17) is 0 Å². The minimum Gasteiger partial charge on any atom is -0.355 e. The van der Waals surface area contributed by atoms with Gasteiger partial charge in [0, 0.05) is 30.6 Å². The lowest BCUT2D eigenvalue weighted by Crippen LogP contribution is -2.38. The highest BCUT2D eigenvalue weighted by molar-refractivity contribution is 7.25. The van der Waals surface area contributed by atoms with Gasteiger partial charge in [0.2, 0.25) is 5.91 Å². The van der Waals surface area contributed by atoms with Gasteiger partial charge in [-0.1, -0.05) is 12.1 Å².